The van der Waals surface area contributed by atoms with E-state index in [1.807, 2.05) is 0 Å². The summed E-state index contributed by atoms with van der Waals surface area (Å²) in [6.07, 6.45) is -3.38. The fraction of sp³-hybridized carbons (Fsp3) is 0.167. The van der Waals surface area contributed by atoms with Crippen molar-refractivity contribution < 1.29 is 26.7 Å². The van der Waals surface area contributed by atoms with Crippen molar-refractivity contribution >= 4 is 27.2 Å². The maximum Gasteiger partial charge on any atom is 0.471 e. The molecule has 1 unspecified atom stereocenters. The predicted molar refractivity (Wildman–Crippen MR) is 101 cm³/mol. The molecule has 0 saturated heterocycles. The fourth-order valence-electron chi connectivity index (χ4n) is 2.37. The molecule has 0 aliphatic heterocycles. The van der Waals surface area contributed by atoms with E-state index in [1.165, 1.54) is 30.5 Å². The molecule has 11 heteroatoms. The third kappa shape index (κ3) is 5.42. The molecule has 0 saturated carbocycles. The summed E-state index contributed by atoms with van der Waals surface area (Å²) in [5, 5.41) is 3.81. The lowest BCUT2D eigenvalue weighted by molar-refractivity contribution is -0.159. The number of alkyl halides is 3. The predicted octanol–water partition coefficient (Wildman–Crippen LogP) is 4.85. The summed E-state index contributed by atoms with van der Waals surface area (Å²) in [5.41, 5.74) is 1.06. The first-order chi connectivity index (χ1) is 13.5. The van der Waals surface area contributed by atoms with Gasteiger partial charge in [0.2, 0.25) is 5.82 Å². The summed E-state index contributed by atoms with van der Waals surface area (Å²) in [6, 6.07) is 12.1. The van der Waals surface area contributed by atoms with Crippen molar-refractivity contribution in [2.24, 2.45) is 4.36 Å². The number of hydrogen-bond donors (Lipinski definition) is 0. The highest BCUT2D eigenvalue weighted by molar-refractivity contribution is 7.92. The summed E-state index contributed by atoms with van der Waals surface area (Å²) in [5.74, 6) is -2.37. The molecule has 29 heavy (non-hydrogen) atoms. The summed E-state index contributed by atoms with van der Waals surface area (Å²) < 4.78 is 58.2. The molecular formula is C18H13ClF3N3O3S. The first-order valence-corrected chi connectivity index (χ1v) is 10.5. The van der Waals surface area contributed by atoms with Crippen LogP contribution in [0.3, 0.4) is 0 Å². The Labute approximate surface area is 168 Å². The maximum atomic E-state index is 12.6. The third-order valence-corrected chi connectivity index (χ3v) is 5.36. The molecule has 1 atom stereocenters. The van der Waals surface area contributed by atoms with Gasteiger partial charge in [-0.3, -0.25) is 4.79 Å². The molecule has 3 aromatic rings. The second-order valence-electron chi connectivity index (χ2n) is 6.12. The highest BCUT2D eigenvalue weighted by Gasteiger charge is 2.38. The van der Waals surface area contributed by atoms with E-state index in [9.17, 15) is 22.2 Å². The van der Waals surface area contributed by atoms with Gasteiger partial charge in [0, 0.05) is 22.4 Å². The topological polar surface area (TPSA) is 85.4 Å². The molecule has 0 aliphatic carbocycles. The van der Waals surface area contributed by atoms with Gasteiger partial charge in [-0.25, -0.2) is 4.21 Å². The number of amides is 1. The zero-order valence-electron chi connectivity index (χ0n) is 14.8. The van der Waals surface area contributed by atoms with Crippen LogP contribution in [0.15, 0.2) is 57.4 Å². The van der Waals surface area contributed by atoms with Crippen LogP contribution < -0.4 is 0 Å². The standard InChI is InChI=1S/C18H13ClF3N3O3S/c1-29(27,10-11-2-8-14(19)9-3-11)25-16(26)13-6-4-12(5-7-13)15-23-17(28-24-15)18(20,21)22/h2-9H,10H2,1H3. The largest absolute Gasteiger partial charge is 0.471 e. The van der Waals surface area contributed by atoms with E-state index in [2.05, 4.69) is 19.0 Å². The van der Waals surface area contributed by atoms with Crippen molar-refractivity contribution in [1.29, 1.82) is 0 Å². The average molecular weight is 444 g/mol. The van der Waals surface area contributed by atoms with Crippen LogP contribution >= 0.6 is 11.6 Å². The van der Waals surface area contributed by atoms with Crippen LogP contribution in [0.2, 0.25) is 5.02 Å². The molecule has 0 aliphatic rings. The van der Waals surface area contributed by atoms with E-state index in [0.29, 0.717) is 10.6 Å². The molecule has 2 aromatic carbocycles. The smallest absolute Gasteiger partial charge is 0.329 e. The molecule has 0 N–H and O–H groups in total. The van der Waals surface area contributed by atoms with Crippen molar-refractivity contribution in [2.75, 3.05) is 6.26 Å². The van der Waals surface area contributed by atoms with Gasteiger partial charge in [-0.05, 0) is 29.8 Å². The van der Waals surface area contributed by atoms with Crippen LogP contribution in [0, 0.1) is 0 Å². The second kappa shape index (κ2) is 7.96. The van der Waals surface area contributed by atoms with Gasteiger partial charge in [0.1, 0.15) is 0 Å². The van der Waals surface area contributed by atoms with Crippen molar-refractivity contribution in [3.05, 3.63) is 70.6 Å². The van der Waals surface area contributed by atoms with Gasteiger partial charge in [0.25, 0.3) is 5.91 Å². The van der Waals surface area contributed by atoms with Crippen molar-refractivity contribution in [3.8, 4) is 11.4 Å². The lowest BCUT2D eigenvalue weighted by atomic mass is 10.1. The Bertz CT molecular complexity index is 1150. The van der Waals surface area contributed by atoms with Gasteiger partial charge in [0.15, 0.2) is 0 Å². The van der Waals surface area contributed by atoms with Crippen molar-refractivity contribution in [3.63, 3.8) is 0 Å². The zero-order chi connectivity index (χ0) is 21.2. The molecule has 1 aromatic heterocycles. The van der Waals surface area contributed by atoms with Crippen LogP contribution in [-0.4, -0.2) is 26.5 Å². The molecule has 1 amide bonds. The molecule has 0 radical (unpaired) electrons. The summed E-state index contributed by atoms with van der Waals surface area (Å²) >= 11 is 5.81. The maximum absolute atomic E-state index is 12.6. The summed E-state index contributed by atoms with van der Waals surface area (Å²) in [4.78, 5) is 15.6. The molecule has 6 nitrogen and oxygen atoms in total. The van der Waals surface area contributed by atoms with Crippen LogP contribution in [0.5, 0.6) is 0 Å². The number of carbonyl (C=O) groups is 1. The zero-order valence-corrected chi connectivity index (χ0v) is 16.4. The highest BCUT2D eigenvalue weighted by Crippen LogP contribution is 2.29. The Hall–Kier alpha value is -2.72. The number of aromatic nitrogens is 2. The summed E-state index contributed by atoms with van der Waals surface area (Å²) in [7, 11) is -2.85. The van der Waals surface area contributed by atoms with Gasteiger partial charge in [-0.15, -0.1) is 0 Å². The van der Waals surface area contributed by atoms with Crippen LogP contribution in [0.4, 0.5) is 13.2 Å². The minimum Gasteiger partial charge on any atom is -0.329 e. The minimum atomic E-state index is -4.74. The van der Waals surface area contributed by atoms with Crippen LogP contribution in [0.25, 0.3) is 11.4 Å². The van der Waals surface area contributed by atoms with Gasteiger partial charge in [0.05, 0.1) is 15.5 Å². The number of benzene rings is 2. The molecule has 3 rings (SSSR count). The Morgan fingerprint density at radius 3 is 2.31 bits per heavy atom. The van der Waals surface area contributed by atoms with E-state index in [-0.39, 0.29) is 22.7 Å². The first kappa shape index (κ1) is 21.0. The Kier molecular flexibility index (Phi) is 5.76. The third-order valence-electron chi connectivity index (χ3n) is 3.68. The molecule has 1 heterocycles. The van der Waals surface area contributed by atoms with E-state index in [0.717, 1.165) is 0 Å². The van der Waals surface area contributed by atoms with Gasteiger partial charge >= 0.3 is 12.1 Å². The van der Waals surface area contributed by atoms with Gasteiger partial charge < -0.3 is 4.52 Å². The van der Waals surface area contributed by atoms with Gasteiger partial charge in [-0.2, -0.15) is 22.5 Å². The first-order valence-electron chi connectivity index (χ1n) is 8.03. The number of rotatable bonds is 4. The number of hydrogen-bond acceptors (Lipinski definition) is 5. The van der Waals surface area contributed by atoms with Gasteiger partial charge in [-0.1, -0.05) is 41.0 Å². The average Bonchev–Trinajstić information content (AvgIpc) is 3.14. The van der Waals surface area contributed by atoms with E-state index in [1.54, 1.807) is 24.3 Å². The summed E-state index contributed by atoms with van der Waals surface area (Å²) in [6.45, 7) is 0. The minimum absolute atomic E-state index is 0.0665. The molecule has 152 valence electrons. The Morgan fingerprint density at radius 2 is 1.76 bits per heavy atom. The normalized spacial score (nSPS) is 13.7. The fourth-order valence-corrected chi connectivity index (χ4v) is 3.83. The number of carbonyl (C=O) groups excluding carboxylic acids is 1. The quantitative estimate of drug-likeness (QED) is 0.575. The Balaban J connectivity index is 1.77. The molecule has 0 spiro atoms. The lowest BCUT2D eigenvalue weighted by Gasteiger charge is -2.05. The van der Waals surface area contributed by atoms with Crippen molar-refractivity contribution in [1.82, 2.24) is 10.1 Å². The van der Waals surface area contributed by atoms with E-state index >= 15 is 0 Å². The SMILES string of the molecule is CS(=O)(Cc1ccc(Cl)cc1)=NC(=O)c1ccc(-c2noc(C(F)(F)F)n2)cc1. The lowest BCUT2D eigenvalue weighted by Crippen LogP contribution is -2.06. The molecular weight excluding hydrogens is 431 g/mol. The molecule has 0 fully saturated rings. The molecule has 0 bridgehead atoms. The Morgan fingerprint density at radius 1 is 1.14 bits per heavy atom. The number of halogens is 4. The van der Waals surface area contributed by atoms with E-state index in [4.69, 9.17) is 11.6 Å². The highest BCUT2D eigenvalue weighted by atomic mass is 35.5. The number of nitrogens with zero attached hydrogens (tertiary/aromatic N) is 3. The second-order valence-corrected chi connectivity index (χ2v) is 8.95. The van der Waals surface area contributed by atoms with Crippen LogP contribution in [-0.2, 0) is 21.7 Å². The monoisotopic (exact) mass is 443 g/mol. The van der Waals surface area contributed by atoms with E-state index < -0.39 is 27.7 Å². The van der Waals surface area contributed by atoms with Crippen molar-refractivity contribution in [2.45, 2.75) is 11.9 Å². The van der Waals surface area contributed by atoms with Crippen LogP contribution in [0.1, 0.15) is 21.8 Å².